The number of hydrogen-bond donors (Lipinski definition) is 1. The lowest BCUT2D eigenvalue weighted by Crippen LogP contribution is -2.29. The lowest BCUT2D eigenvalue weighted by Gasteiger charge is -2.23. The Morgan fingerprint density at radius 3 is 2.79 bits per heavy atom. The van der Waals surface area contributed by atoms with Crippen molar-refractivity contribution in [3.8, 4) is 11.5 Å². The molecule has 2 aliphatic rings. The average Bonchev–Trinajstić information content (AvgIpc) is 3.55. The van der Waals surface area contributed by atoms with Crippen LogP contribution in [0.1, 0.15) is 29.7 Å². The maximum absolute atomic E-state index is 13.2. The number of ketones is 1. The number of anilines is 1. The van der Waals surface area contributed by atoms with Crippen molar-refractivity contribution >= 4 is 33.9 Å². The number of rotatable bonds is 6. The molecule has 0 saturated carbocycles. The SMILES string of the molecule is C=CCOc1ccc([C@@H]2C(=C(O)c3ccc4c(c3)C[C@@H](C)O4)C(=O)C(=O)N2c2nccs2)cc1. The molecule has 1 amide bonds. The number of aliphatic hydroxyl groups is 1. The van der Waals surface area contributed by atoms with Crippen LogP contribution < -0.4 is 14.4 Å². The van der Waals surface area contributed by atoms with Crippen molar-refractivity contribution in [3.63, 3.8) is 0 Å². The third kappa shape index (κ3) is 3.76. The molecule has 0 radical (unpaired) electrons. The van der Waals surface area contributed by atoms with Crippen LogP contribution in [-0.2, 0) is 16.0 Å². The summed E-state index contributed by atoms with van der Waals surface area (Å²) in [6.07, 6.45) is 3.97. The Bertz CT molecular complexity index is 1300. The summed E-state index contributed by atoms with van der Waals surface area (Å²) in [5.74, 6) is -0.320. The van der Waals surface area contributed by atoms with E-state index in [4.69, 9.17) is 9.47 Å². The van der Waals surface area contributed by atoms with E-state index in [2.05, 4.69) is 11.6 Å². The molecule has 0 unspecified atom stereocenters. The van der Waals surface area contributed by atoms with Gasteiger partial charge < -0.3 is 14.6 Å². The highest BCUT2D eigenvalue weighted by Crippen LogP contribution is 2.43. The normalized spacial score (nSPS) is 20.8. The Morgan fingerprint density at radius 1 is 1.29 bits per heavy atom. The Balaban J connectivity index is 1.62. The Morgan fingerprint density at radius 2 is 2.09 bits per heavy atom. The fourth-order valence-corrected chi connectivity index (χ4v) is 4.97. The van der Waals surface area contributed by atoms with Crippen molar-refractivity contribution in [1.82, 2.24) is 4.98 Å². The summed E-state index contributed by atoms with van der Waals surface area (Å²) in [5.41, 5.74) is 2.09. The molecule has 1 aromatic heterocycles. The van der Waals surface area contributed by atoms with Gasteiger partial charge in [0, 0.05) is 23.6 Å². The van der Waals surface area contributed by atoms with E-state index < -0.39 is 17.7 Å². The van der Waals surface area contributed by atoms with Gasteiger partial charge in [0.25, 0.3) is 5.78 Å². The molecule has 5 rings (SSSR count). The van der Waals surface area contributed by atoms with Gasteiger partial charge in [-0.1, -0.05) is 24.8 Å². The van der Waals surface area contributed by atoms with Gasteiger partial charge in [0.15, 0.2) is 5.13 Å². The lowest BCUT2D eigenvalue weighted by atomic mass is 9.94. The summed E-state index contributed by atoms with van der Waals surface area (Å²) < 4.78 is 11.3. The first-order chi connectivity index (χ1) is 16.5. The van der Waals surface area contributed by atoms with Gasteiger partial charge >= 0.3 is 5.91 Å². The van der Waals surface area contributed by atoms with Crippen molar-refractivity contribution < 1.29 is 24.2 Å². The number of thiazole rings is 1. The second-order valence-electron chi connectivity index (χ2n) is 8.11. The van der Waals surface area contributed by atoms with Crippen LogP contribution in [0.3, 0.4) is 0 Å². The first kappa shape index (κ1) is 21.9. The number of carbonyl (C=O) groups excluding carboxylic acids is 2. The van der Waals surface area contributed by atoms with Gasteiger partial charge in [0.1, 0.15) is 30.0 Å². The molecule has 0 bridgehead atoms. The van der Waals surface area contributed by atoms with E-state index in [9.17, 15) is 14.7 Å². The van der Waals surface area contributed by atoms with Crippen molar-refractivity contribution in [3.05, 3.63) is 89.0 Å². The standard InChI is InChI=1S/C26H22N2O5S/c1-3-11-32-19-7-4-16(5-8-19)22-21(24(30)25(31)28(22)26-27-10-12-34-26)23(29)17-6-9-20-18(14-17)13-15(2)33-20/h3-10,12,14-15,22,29H,1,11,13H2,2H3/t15-,22-/m1/s1. The van der Waals surface area contributed by atoms with Crippen LogP contribution >= 0.6 is 11.3 Å². The molecule has 7 nitrogen and oxygen atoms in total. The van der Waals surface area contributed by atoms with Crippen LogP contribution in [0.15, 0.2) is 72.3 Å². The number of benzene rings is 2. The number of amides is 1. The van der Waals surface area contributed by atoms with E-state index in [1.165, 1.54) is 16.2 Å². The van der Waals surface area contributed by atoms with Crippen LogP contribution in [0.4, 0.5) is 5.13 Å². The number of carbonyl (C=O) groups is 2. The smallest absolute Gasteiger partial charge is 0.301 e. The van der Waals surface area contributed by atoms with Gasteiger partial charge in [-0.05, 0) is 48.4 Å². The Hall–Kier alpha value is -3.91. The zero-order valence-corrected chi connectivity index (χ0v) is 19.2. The average molecular weight is 475 g/mol. The number of aliphatic hydroxyl groups excluding tert-OH is 1. The second kappa shape index (κ2) is 8.79. The fourth-order valence-electron chi connectivity index (χ4n) is 4.31. The first-order valence-electron chi connectivity index (χ1n) is 10.8. The summed E-state index contributed by atoms with van der Waals surface area (Å²) in [6, 6.07) is 11.5. The van der Waals surface area contributed by atoms with E-state index in [0.717, 1.165) is 11.3 Å². The van der Waals surface area contributed by atoms with Gasteiger partial charge in [0.05, 0.1) is 11.6 Å². The molecule has 8 heteroatoms. The predicted octanol–water partition coefficient (Wildman–Crippen LogP) is 4.66. The maximum Gasteiger partial charge on any atom is 0.301 e. The van der Waals surface area contributed by atoms with Crippen molar-refractivity contribution in [1.29, 1.82) is 0 Å². The van der Waals surface area contributed by atoms with Crippen molar-refractivity contribution in [2.24, 2.45) is 0 Å². The number of fused-ring (bicyclic) bond motifs is 1. The highest BCUT2D eigenvalue weighted by molar-refractivity contribution is 7.14. The van der Waals surface area contributed by atoms with Crippen LogP contribution in [0.2, 0.25) is 0 Å². The summed E-state index contributed by atoms with van der Waals surface area (Å²) in [7, 11) is 0. The molecule has 34 heavy (non-hydrogen) atoms. The van der Waals surface area contributed by atoms with E-state index in [-0.39, 0.29) is 17.4 Å². The van der Waals surface area contributed by atoms with Gasteiger partial charge in [-0.2, -0.15) is 0 Å². The minimum atomic E-state index is -0.831. The summed E-state index contributed by atoms with van der Waals surface area (Å²) in [6.45, 7) is 5.97. The van der Waals surface area contributed by atoms with Gasteiger partial charge in [0.2, 0.25) is 0 Å². The Labute approximate surface area is 200 Å². The molecule has 1 fully saturated rings. The molecule has 172 valence electrons. The number of ether oxygens (including phenoxy) is 2. The lowest BCUT2D eigenvalue weighted by molar-refractivity contribution is -0.132. The fraction of sp³-hybridized carbons (Fsp3) is 0.192. The molecule has 0 spiro atoms. The van der Waals surface area contributed by atoms with Gasteiger partial charge in [-0.25, -0.2) is 4.98 Å². The van der Waals surface area contributed by atoms with E-state index >= 15 is 0 Å². The zero-order valence-electron chi connectivity index (χ0n) is 18.4. The second-order valence-corrected chi connectivity index (χ2v) is 8.98. The summed E-state index contributed by atoms with van der Waals surface area (Å²) in [4.78, 5) is 31.9. The van der Waals surface area contributed by atoms with E-state index in [1.807, 2.05) is 13.0 Å². The molecule has 1 saturated heterocycles. The monoisotopic (exact) mass is 474 g/mol. The number of nitrogens with zero attached hydrogens (tertiary/aromatic N) is 2. The number of Topliss-reactive ketones (excluding diaryl/α,β-unsaturated/α-hetero) is 1. The largest absolute Gasteiger partial charge is 0.507 e. The molecule has 0 aliphatic carbocycles. The highest BCUT2D eigenvalue weighted by Gasteiger charge is 2.48. The summed E-state index contributed by atoms with van der Waals surface area (Å²) >= 11 is 1.25. The quantitative estimate of drug-likeness (QED) is 0.242. The first-order valence-corrected chi connectivity index (χ1v) is 11.7. The van der Waals surface area contributed by atoms with Crippen LogP contribution in [0.25, 0.3) is 5.76 Å². The van der Waals surface area contributed by atoms with Crippen LogP contribution in [0.5, 0.6) is 11.5 Å². The van der Waals surface area contributed by atoms with Crippen LogP contribution in [0, 0.1) is 0 Å². The topological polar surface area (TPSA) is 89.0 Å². The number of aromatic nitrogens is 1. The van der Waals surface area contributed by atoms with Crippen molar-refractivity contribution in [2.45, 2.75) is 25.5 Å². The molecule has 3 heterocycles. The van der Waals surface area contributed by atoms with E-state index in [0.29, 0.717) is 35.0 Å². The minimum absolute atomic E-state index is 0.0203. The molecule has 1 N–H and O–H groups in total. The summed E-state index contributed by atoms with van der Waals surface area (Å²) in [5, 5.41) is 13.4. The van der Waals surface area contributed by atoms with Crippen molar-refractivity contribution in [2.75, 3.05) is 11.5 Å². The molecular weight excluding hydrogens is 452 g/mol. The number of hydrogen-bond acceptors (Lipinski definition) is 7. The molecule has 2 aliphatic heterocycles. The zero-order chi connectivity index (χ0) is 23.8. The maximum atomic E-state index is 13.2. The third-order valence-electron chi connectivity index (χ3n) is 5.80. The van der Waals surface area contributed by atoms with Gasteiger partial charge in [-0.15, -0.1) is 11.3 Å². The molecule has 2 atom stereocenters. The highest BCUT2D eigenvalue weighted by atomic mass is 32.1. The Kier molecular flexibility index (Phi) is 5.67. The van der Waals surface area contributed by atoms with Gasteiger partial charge in [-0.3, -0.25) is 14.5 Å². The predicted molar refractivity (Wildman–Crippen MR) is 129 cm³/mol. The van der Waals surface area contributed by atoms with E-state index in [1.54, 1.807) is 54.1 Å². The van der Waals surface area contributed by atoms with Crippen LogP contribution in [-0.4, -0.2) is 34.5 Å². The third-order valence-corrected chi connectivity index (χ3v) is 6.57. The molecular formula is C26H22N2O5S. The molecule has 3 aromatic rings. The minimum Gasteiger partial charge on any atom is -0.507 e. The molecule has 2 aromatic carbocycles.